The average molecular weight is 322 g/mol. The fourth-order valence-electron chi connectivity index (χ4n) is 3.21. The van der Waals surface area contributed by atoms with Gasteiger partial charge in [-0.05, 0) is 49.1 Å². The van der Waals surface area contributed by atoms with Crippen molar-refractivity contribution in [3.63, 3.8) is 0 Å². The Hall–Kier alpha value is -2.49. The summed E-state index contributed by atoms with van der Waals surface area (Å²) in [7, 11) is 0. The SMILES string of the molecule is CCCOc1ccc([C@H]2Nc3ccccc3C(=O)N2C2CC2)cc1. The molecule has 1 N–H and O–H groups in total. The molecule has 0 spiro atoms. The van der Waals surface area contributed by atoms with E-state index in [0.717, 1.165) is 48.4 Å². The van der Waals surface area contributed by atoms with Crippen LogP contribution < -0.4 is 10.1 Å². The fourth-order valence-corrected chi connectivity index (χ4v) is 3.21. The van der Waals surface area contributed by atoms with Gasteiger partial charge in [0.05, 0.1) is 12.2 Å². The number of anilines is 1. The molecular weight excluding hydrogens is 300 g/mol. The Morgan fingerprint density at radius 2 is 1.88 bits per heavy atom. The first-order chi connectivity index (χ1) is 11.8. The number of hydrogen-bond donors (Lipinski definition) is 1. The zero-order valence-corrected chi connectivity index (χ0v) is 13.9. The Balaban J connectivity index is 1.64. The highest BCUT2D eigenvalue weighted by Crippen LogP contribution is 2.40. The molecule has 2 aromatic carbocycles. The van der Waals surface area contributed by atoms with Gasteiger partial charge in [0.25, 0.3) is 5.91 Å². The predicted octanol–water partition coefficient (Wildman–Crippen LogP) is 4.20. The number of ether oxygens (including phenoxy) is 1. The van der Waals surface area contributed by atoms with Crippen LogP contribution in [-0.2, 0) is 0 Å². The molecule has 0 aromatic heterocycles. The lowest BCUT2D eigenvalue weighted by molar-refractivity contribution is 0.0666. The monoisotopic (exact) mass is 322 g/mol. The lowest BCUT2D eigenvalue weighted by Crippen LogP contribution is -2.44. The van der Waals surface area contributed by atoms with Crippen LogP contribution in [0.15, 0.2) is 48.5 Å². The largest absolute Gasteiger partial charge is 0.494 e. The molecule has 1 amide bonds. The van der Waals surface area contributed by atoms with E-state index in [1.807, 2.05) is 41.3 Å². The van der Waals surface area contributed by atoms with Crippen LogP contribution in [0.1, 0.15) is 48.3 Å². The van der Waals surface area contributed by atoms with Crippen LogP contribution >= 0.6 is 0 Å². The summed E-state index contributed by atoms with van der Waals surface area (Å²) in [5, 5.41) is 3.54. The van der Waals surface area contributed by atoms with Crippen molar-refractivity contribution in [3.8, 4) is 5.75 Å². The Bertz CT molecular complexity index is 738. The standard InChI is InChI=1S/C20H22N2O2/c1-2-13-24-16-11-7-14(8-12-16)19-21-18-6-4-3-5-17(18)20(23)22(19)15-9-10-15/h3-8,11-12,15,19,21H,2,9-10,13H2,1H3/t19-/m0/s1. The van der Waals surface area contributed by atoms with Crippen LogP contribution in [0.4, 0.5) is 5.69 Å². The molecule has 1 aliphatic carbocycles. The van der Waals surface area contributed by atoms with Crippen molar-refractivity contribution in [2.75, 3.05) is 11.9 Å². The first-order valence-corrected chi connectivity index (χ1v) is 8.69. The summed E-state index contributed by atoms with van der Waals surface area (Å²) in [6.07, 6.45) is 3.06. The molecule has 1 aliphatic heterocycles. The highest BCUT2D eigenvalue weighted by Gasteiger charge is 2.41. The molecule has 4 heteroatoms. The quantitative estimate of drug-likeness (QED) is 0.897. The van der Waals surface area contributed by atoms with E-state index in [-0.39, 0.29) is 12.1 Å². The van der Waals surface area contributed by atoms with Crippen LogP contribution in [0.3, 0.4) is 0 Å². The molecule has 2 aromatic rings. The van der Waals surface area contributed by atoms with Crippen molar-refractivity contribution in [3.05, 3.63) is 59.7 Å². The van der Waals surface area contributed by atoms with Crippen molar-refractivity contribution >= 4 is 11.6 Å². The van der Waals surface area contributed by atoms with Gasteiger partial charge in [0, 0.05) is 11.7 Å². The van der Waals surface area contributed by atoms with E-state index in [4.69, 9.17) is 4.74 Å². The van der Waals surface area contributed by atoms with Crippen molar-refractivity contribution in [2.24, 2.45) is 0 Å². The van der Waals surface area contributed by atoms with Crippen LogP contribution in [-0.4, -0.2) is 23.5 Å². The molecule has 0 radical (unpaired) electrons. The van der Waals surface area contributed by atoms with Gasteiger partial charge in [-0.3, -0.25) is 4.79 Å². The first-order valence-electron chi connectivity index (χ1n) is 8.69. The third-order valence-corrected chi connectivity index (χ3v) is 4.57. The lowest BCUT2D eigenvalue weighted by atomic mass is 10.0. The molecule has 1 saturated carbocycles. The Morgan fingerprint density at radius 1 is 1.12 bits per heavy atom. The maximum absolute atomic E-state index is 13.0. The summed E-state index contributed by atoms with van der Waals surface area (Å²) in [5.74, 6) is 1.00. The third-order valence-electron chi connectivity index (χ3n) is 4.57. The van der Waals surface area contributed by atoms with Crippen LogP contribution in [0.2, 0.25) is 0 Å². The molecule has 0 saturated heterocycles. The summed E-state index contributed by atoms with van der Waals surface area (Å²) >= 11 is 0. The predicted molar refractivity (Wildman–Crippen MR) is 94.2 cm³/mol. The highest BCUT2D eigenvalue weighted by molar-refractivity contribution is 6.02. The number of fused-ring (bicyclic) bond motifs is 1. The van der Waals surface area contributed by atoms with Crippen molar-refractivity contribution in [2.45, 2.75) is 38.4 Å². The number of nitrogens with one attached hydrogen (secondary N) is 1. The maximum atomic E-state index is 13.0. The van der Waals surface area contributed by atoms with Gasteiger partial charge < -0.3 is 15.0 Å². The van der Waals surface area contributed by atoms with Gasteiger partial charge in [0.15, 0.2) is 0 Å². The van der Waals surface area contributed by atoms with Crippen molar-refractivity contribution < 1.29 is 9.53 Å². The summed E-state index contributed by atoms with van der Waals surface area (Å²) in [5.41, 5.74) is 2.77. The molecule has 0 unspecified atom stereocenters. The second kappa shape index (κ2) is 6.19. The van der Waals surface area contributed by atoms with Gasteiger partial charge >= 0.3 is 0 Å². The van der Waals surface area contributed by atoms with Gasteiger partial charge in [-0.15, -0.1) is 0 Å². The average Bonchev–Trinajstić information content (AvgIpc) is 3.45. The minimum atomic E-state index is -0.111. The van der Waals surface area contributed by atoms with Crippen LogP contribution in [0.5, 0.6) is 5.75 Å². The van der Waals surface area contributed by atoms with Gasteiger partial charge in [0.2, 0.25) is 0 Å². The Labute approximate surface area is 142 Å². The second-order valence-corrected chi connectivity index (χ2v) is 6.45. The normalized spacial score (nSPS) is 19.6. The molecule has 1 heterocycles. The van der Waals surface area contributed by atoms with E-state index in [1.165, 1.54) is 0 Å². The van der Waals surface area contributed by atoms with E-state index in [2.05, 4.69) is 24.4 Å². The van der Waals surface area contributed by atoms with Crippen molar-refractivity contribution in [1.82, 2.24) is 4.90 Å². The third kappa shape index (κ3) is 2.73. The van der Waals surface area contributed by atoms with E-state index in [9.17, 15) is 4.79 Å². The zero-order chi connectivity index (χ0) is 16.5. The molecule has 1 fully saturated rings. The Morgan fingerprint density at radius 3 is 2.58 bits per heavy atom. The Kier molecular flexibility index (Phi) is 3.89. The van der Waals surface area contributed by atoms with Crippen LogP contribution in [0, 0.1) is 0 Å². The van der Waals surface area contributed by atoms with E-state index in [1.54, 1.807) is 0 Å². The molecule has 24 heavy (non-hydrogen) atoms. The number of hydrogen-bond acceptors (Lipinski definition) is 3. The molecule has 1 atom stereocenters. The number of nitrogens with zero attached hydrogens (tertiary/aromatic N) is 1. The molecule has 2 aliphatic rings. The summed E-state index contributed by atoms with van der Waals surface area (Å²) in [4.78, 5) is 15.0. The summed E-state index contributed by atoms with van der Waals surface area (Å²) < 4.78 is 5.66. The summed E-state index contributed by atoms with van der Waals surface area (Å²) in [6, 6.07) is 16.2. The van der Waals surface area contributed by atoms with E-state index in [0.29, 0.717) is 6.04 Å². The molecule has 0 bridgehead atoms. The van der Waals surface area contributed by atoms with Gasteiger partial charge in [-0.1, -0.05) is 31.2 Å². The zero-order valence-electron chi connectivity index (χ0n) is 13.9. The van der Waals surface area contributed by atoms with E-state index < -0.39 is 0 Å². The molecule has 4 nitrogen and oxygen atoms in total. The highest BCUT2D eigenvalue weighted by atomic mass is 16.5. The number of para-hydroxylation sites is 1. The van der Waals surface area contributed by atoms with Gasteiger partial charge in [-0.25, -0.2) is 0 Å². The number of carbonyl (C=O) groups is 1. The maximum Gasteiger partial charge on any atom is 0.258 e. The fraction of sp³-hybridized carbons (Fsp3) is 0.350. The van der Waals surface area contributed by atoms with Crippen molar-refractivity contribution in [1.29, 1.82) is 0 Å². The molecule has 124 valence electrons. The summed E-state index contributed by atoms with van der Waals surface area (Å²) in [6.45, 7) is 2.82. The molecular formula is C20H22N2O2. The van der Waals surface area contributed by atoms with Crippen LogP contribution in [0.25, 0.3) is 0 Å². The minimum absolute atomic E-state index is 0.111. The van der Waals surface area contributed by atoms with Gasteiger partial charge in [0.1, 0.15) is 11.9 Å². The van der Waals surface area contributed by atoms with E-state index >= 15 is 0 Å². The number of benzene rings is 2. The first kappa shape index (κ1) is 15.1. The number of amides is 1. The number of carbonyl (C=O) groups excluding carboxylic acids is 1. The minimum Gasteiger partial charge on any atom is -0.494 e. The smallest absolute Gasteiger partial charge is 0.258 e. The second-order valence-electron chi connectivity index (χ2n) is 6.45. The van der Waals surface area contributed by atoms with Gasteiger partial charge in [-0.2, -0.15) is 0 Å². The lowest BCUT2D eigenvalue weighted by Gasteiger charge is -2.38. The topological polar surface area (TPSA) is 41.6 Å². The number of rotatable bonds is 5. The molecule has 4 rings (SSSR count).